The Bertz CT molecular complexity index is 1750. The van der Waals surface area contributed by atoms with Gasteiger partial charge < -0.3 is 14.9 Å². The van der Waals surface area contributed by atoms with E-state index in [0.717, 1.165) is 16.7 Å². The molecule has 208 valence electrons. The number of aromatic hydroxyl groups is 1. The molecule has 1 fully saturated rings. The summed E-state index contributed by atoms with van der Waals surface area (Å²) in [6.45, 7) is 0. The molecule has 0 spiro atoms. The van der Waals surface area contributed by atoms with Crippen LogP contribution >= 0.6 is 11.8 Å². The first kappa shape index (κ1) is 28.0. The number of azo groups is 1. The maximum atomic E-state index is 13.6. The first-order chi connectivity index (χ1) is 20.3. The number of thioether (sulfide) groups is 1. The van der Waals surface area contributed by atoms with Crippen molar-refractivity contribution in [1.82, 2.24) is 4.90 Å². The minimum Gasteiger partial charge on any atom is -0.507 e. The van der Waals surface area contributed by atoms with Gasteiger partial charge in [0, 0.05) is 11.1 Å². The molecule has 0 unspecified atom stereocenters. The predicted molar refractivity (Wildman–Crippen MR) is 159 cm³/mol. The number of hydrogen-bond acceptors (Lipinski definition) is 9. The van der Waals surface area contributed by atoms with Gasteiger partial charge in [0.1, 0.15) is 11.5 Å². The SMILES string of the molecule is COc1ccc(N=Nc2ccc(O)c(/C=C3/SC(=Nc4ccc(C(=O)O)cc4)N(C(=O)c4ccccc4)C3=O)c2)cc1. The van der Waals surface area contributed by atoms with Crippen LogP contribution in [0.15, 0.2) is 117 Å². The van der Waals surface area contributed by atoms with E-state index in [1.807, 2.05) is 0 Å². The molecule has 1 saturated heterocycles. The van der Waals surface area contributed by atoms with Crippen LogP contribution in [0.1, 0.15) is 26.3 Å². The fraction of sp³-hybridized carbons (Fsp3) is 0.0323. The molecule has 4 aromatic rings. The van der Waals surface area contributed by atoms with Crippen molar-refractivity contribution < 1.29 is 29.3 Å². The Labute approximate surface area is 244 Å². The first-order valence-corrected chi connectivity index (χ1v) is 13.3. The molecule has 0 atom stereocenters. The van der Waals surface area contributed by atoms with Crippen molar-refractivity contribution in [2.24, 2.45) is 15.2 Å². The number of carbonyl (C=O) groups is 3. The average Bonchev–Trinajstić information content (AvgIpc) is 3.31. The molecule has 0 aliphatic carbocycles. The van der Waals surface area contributed by atoms with E-state index in [0.29, 0.717) is 22.8 Å². The molecule has 0 radical (unpaired) electrons. The van der Waals surface area contributed by atoms with Crippen LogP contribution in [-0.4, -0.2) is 45.2 Å². The topological polar surface area (TPSA) is 141 Å². The molecule has 1 heterocycles. The number of benzene rings is 4. The fourth-order valence-corrected chi connectivity index (χ4v) is 4.82. The number of amidine groups is 1. The Morgan fingerprint density at radius 1 is 0.833 bits per heavy atom. The largest absolute Gasteiger partial charge is 0.507 e. The molecule has 10 nitrogen and oxygen atoms in total. The highest BCUT2D eigenvalue weighted by molar-refractivity contribution is 8.18. The molecule has 4 aromatic carbocycles. The van der Waals surface area contributed by atoms with Crippen LogP contribution in [0.3, 0.4) is 0 Å². The predicted octanol–water partition coefficient (Wildman–Crippen LogP) is 6.96. The van der Waals surface area contributed by atoms with Crippen molar-refractivity contribution in [2.75, 3.05) is 7.11 Å². The normalized spacial score (nSPS) is 15.1. The van der Waals surface area contributed by atoms with E-state index in [-0.39, 0.29) is 32.5 Å². The molecule has 0 saturated carbocycles. The van der Waals surface area contributed by atoms with Gasteiger partial charge in [0.15, 0.2) is 5.17 Å². The molecule has 2 N–H and O–H groups in total. The van der Waals surface area contributed by atoms with Crippen LogP contribution in [0.25, 0.3) is 6.08 Å². The zero-order valence-corrected chi connectivity index (χ0v) is 22.9. The average molecular weight is 579 g/mol. The zero-order chi connectivity index (χ0) is 29.6. The maximum absolute atomic E-state index is 13.6. The second kappa shape index (κ2) is 12.3. The lowest BCUT2D eigenvalue weighted by Crippen LogP contribution is -2.35. The van der Waals surface area contributed by atoms with E-state index in [1.54, 1.807) is 73.8 Å². The lowest BCUT2D eigenvalue weighted by Gasteiger charge is -2.13. The number of carboxylic acid groups (broad SMARTS) is 1. The summed E-state index contributed by atoms with van der Waals surface area (Å²) < 4.78 is 5.14. The standard InChI is InChI=1S/C31H22N4O6S/c1-41-25-14-11-23(12-15-25)33-34-24-13-16-26(36)21(17-24)18-27-29(38)35(28(37)19-5-3-2-4-6-19)31(42-27)32-22-9-7-20(8-10-22)30(39)40/h2-18,36H,1H3,(H,39,40)/b27-18+,32-31?,34-33?. The Morgan fingerprint density at radius 3 is 2.14 bits per heavy atom. The Morgan fingerprint density at radius 2 is 1.48 bits per heavy atom. The Kier molecular flexibility index (Phi) is 8.21. The monoisotopic (exact) mass is 578 g/mol. The number of nitrogens with zero attached hydrogens (tertiary/aromatic N) is 4. The van der Waals surface area contributed by atoms with Crippen LogP contribution < -0.4 is 4.74 Å². The Hall–Kier alpha value is -5.55. The summed E-state index contributed by atoms with van der Waals surface area (Å²) in [5, 5.41) is 28.2. The molecule has 42 heavy (non-hydrogen) atoms. The number of amides is 2. The summed E-state index contributed by atoms with van der Waals surface area (Å²) in [6, 6.07) is 25.6. The van der Waals surface area contributed by atoms with Crippen LogP contribution in [0, 0.1) is 0 Å². The number of carbonyl (C=O) groups excluding carboxylic acids is 2. The van der Waals surface area contributed by atoms with E-state index < -0.39 is 17.8 Å². The van der Waals surface area contributed by atoms with E-state index in [4.69, 9.17) is 4.74 Å². The highest BCUT2D eigenvalue weighted by Gasteiger charge is 2.38. The Balaban J connectivity index is 1.48. The van der Waals surface area contributed by atoms with E-state index in [2.05, 4.69) is 15.2 Å². The number of rotatable bonds is 7. The summed E-state index contributed by atoms with van der Waals surface area (Å²) in [4.78, 5) is 43.7. The van der Waals surface area contributed by atoms with Crippen molar-refractivity contribution in [1.29, 1.82) is 0 Å². The number of phenolic OH excluding ortho intramolecular Hbond substituents is 1. The molecular weight excluding hydrogens is 556 g/mol. The molecule has 1 aliphatic heterocycles. The minimum absolute atomic E-state index is 0.0754. The van der Waals surface area contributed by atoms with Gasteiger partial charge in [0.2, 0.25) is 0 Å². The van der Waals surface area contributed by atoms with Gasteiger partial charge in [-0.1, -0.05) is 18.2 Å². The zero-order valence-electron chi connectivity index (χ0n) is 22.0. The summed E-state index contributed by atoms with van der Waals surface area (Å²) in [7, 11) is 1.57. The molecule has 0 aromatic heterocycles. The number of aromatic carboxylic acids is 1. The third-order valence-corrected chi connectivity index (χ3v) is 6.99. The molecule has 1 aliphatic rings. The van der Waals surface area contributed by atoms with Gasteiger partial charge >= 0.3 is 5.97 Å². The molecule has 5 rings (SSSR count). The second-order valence-electron chi connectivity index (χ2n) is 8.81. The minimum atomic E-state index is -1.09. The lowest BCUT2D eigenvalue weighted by atomic mass is 10.1. The quantitative estimate of drug-likeness (QED) is 0.137. The van der Waals surface area contributed by atoms with Crippen molar-refractivity contribution in [3.63, 3.8) is 0 Å². The van der Waals surface area contributed by atoms with E-state index in [9.17, 15) is 24.6 Å². The van der Waals surface area contributed by atoms with Gasteiger partial charge in [-0.05, 0) is 96.7 Å². The van der Waals surface area contributed by atoms with Gasteiger partial charge in [-0.15, -0.1) is 0 Å². The fourth-order valence-electron chi connectivity index (χ4n) is 3.85. The van der Waals surface area contributed by atoms with E-state index in [1.165, 1.54) is 36.4 Å². The van der Waals surface area contributed by atoms with Gasteiger partial charge in [0.25, 0.3) is 11.8 Å². The molecule has 11 heteroatoms. The van der Waals surface area contributed by atoms with Crippen molar-refractivity contribution in [3.8, 4) is 11.5 Å². The van der Waals surface area contributed by atoms with Gasteiger partial charge in [0.05, 0.1) is 34.6 Å². The molecular formula is C31H22N4O6S. The number of ether oxygens (including phenoxy) is 1. The molecule has 2 amide bonds. The summed E-state index contributed by atoms with van der Waals surface area (Å²) in [6.07, 6.45) is 1.45. The van der Waals surface area contributed by atoms with Crippen LogP contribution in [0.5, 0.6) is 11.5 Å². The third kappa shape index (κ3) is 6.26. The highest BCUT2D eigenvalue weighted by Crippen LogP contribution is 2.37. The third-order valence-electron chi connectivity index (χ3n) is 6.02. The number of carboxylic acids is 1. The second-order valence-corrected chi connectivity index (χ2v) is 9.82. The van der Waals surface area contributed by atoms with Crippen LogP contribution in [0.4, 0.5) is 17.1 Å². The number of hydrogen-bond donors (Lipinski definition) is 2. The number of methoxy groups -OCH3 is 1. The first-order valence-electron chi connectivity index (χ1n) is 12.5. The van der Waals surface area contributed by atoms with Crippen LogP contribution in [-0.2, 0) is 4.79 Å². The van der Waals surface area contributed by atoms with Crippen molar-refractivity contribution >= 4 is 57.9 Å². The maximum Gasteiger partial charge on any atom is 0.335 e. The summed E-state index contributed by atoms with van der Waals surface area (Å²) in [5.41, 5.74) is 2.02. The summed E-state index contributed by atoms with van der Waals surface area (Å²) >= 11 is 0.952. The molecule has 0 bridgehead atoms. The van der Waals surface area contributed by atoms with Crippen molar-refractivity contribution in [2.45, 2.75) is 0 Å². The van der Waals surface area contributed by atoms with E-state index >= 15 is 0 Å². The number of imide groups is 1. The summed E-state index contributed by atoms with van der Waals surface area (Å²) in [5.74, 6) is -1.71. The number of phenols is 1. The van der Waals surface area contributed by atoms with Gasteiger partial charge in [-0.25, -0.2) is 14.7 Å². The highest BCUT2D eigenvalue weighted by atomic mass is 32.2. The number of aliphatic imine (C=N–C) groups is 1. The van der Waals surface area contributed by atoms with Gasteiger partial charge in [-0.2, -0.15) is 10.2 Å². The van der Waals surface area contributed by atoms with Gasteiger partial charge in [-0.3, -0.25) is 9.59 Å². The van der Waals surface area contributed by atoms with Crippen molar-refractivity contribution in [3.05, 3.63) is 119 Å². The lowest BCUT2D eigenvalue weighted by molar-refractivity contribution is -0.120. The van der Waals surface area contributed by atoms with Crippen LogP contribution in [0.2, 0.25) is 0 Å². The smallest absolute Gasteiger partial charge is 0.335 e.